The van der Waals surface area contributed by atoms with Crippen LogP contribution >= 0.6 is 11.3 Å². The molecule has 28 heavy (non-hydrogen) atoms. The highest BCUT2D eigenvalue weighted by molar-refractivity contribution is 7.16. The minimum absolute atomic E-state index is 0.0236. The predicted molar refractivity (Wildman–Crippen MR) is 105 cm³/mol. The van der Waals surface area contributed by atoms with Gasteiger partial charge in [0.05, 0.1) is 12.2 Å². The van der Waals surface area contributed by atoms with Gasteiger partial charge in [-0.2, -0.15) is 10.5 Å². The fraction of sp³-hybridized carbons (Fsp3) is 0.400. The van der Waals surface area contributed by atoms with Crippen LogP contribution in [-0.4, -0.2) is 17.6 Å². The van der Waals surface area contributed by atoms with E-state index < -0.39 is 11.5 Å². The Labute approximate surface area is 166 Å². The molecule has 0 atom stereocenters. The van der Waals surface area contributed by atoms with Crippen molar-refractivity contribution in [2.75, 3.05) is 12.4 Å². The van der Waals surface area contributed by atoms with Crippen molar-refractivity contribution in [3.8, 4) is 12.1 Å². The van der Waals surface area contributed by atoms with Crippen molar-refractivity contribution in [1.29, 1.82) is 10.5 Å². The van der Waals surface area contributed by atoms with Crippen LogP contribution in [0.1, 0.15) is 45.7 Å². The maximum atomic E-state index is 12.6. The molecule has 8 heteroatoms. The fourth-order valence-electron chi connectivity index (χ4n) is 3.50. The van der Waals surface area contributed by atoms with E-state index >= 15 is 0 Å². The van der Waals surface area contributed by atoms with E-state index in [9.17, 15) is 20.1 Å². The molecule has 1 aliphatic rings. The fourth-order valence-corrected chi connectivity index (χ4v) is 4.76. The maximum Gasteiger partial charge on any atom is 0.269 e. The van der Waals surface area contributed by atoms with Gasteiger partial charge in [-0.25, -0.2) is 0 Å². The molecule has 7 nitrogen and oxygen atoms in total. The SMILES string of the molecule is COCc1cc(C)n(CC(=O)Nc2sc3c(c2C#N)CCCC3)c(=O)c1C#N. The second kappa shape index (κ2) is 8.39. The van der Waals surface area contributed by atoms with Gasteiger partial charge in [-0.3, -0.25) is 9.59 Å². The van der Waals surface area contributed by atoms with Gasteiger partial charge in [-0.05, 0) is 44.2 Å². The number of aromatic nitrogens is 1. The minimum Gasteiger partial charge on any atom is -0.380 e. The molecule has 0 fully saturated rings. The first-order chi connectivity index (χ1) is 13.5. The summed E-state index contributed by atoms with van der Waals surface area (Å²) < 4.78 is 6.31. The summed E-state index contributed by atoms with van der Waals surface area (Å²) in [4.78, 5) is 26.4. The number of nitriles is 2. The van der Waals surface area contributed by atoms with Crippen molar-refractivity contribution >= 4 is 22.2 Å². The van der Waals surface area contributed by atoms with Crippen LogP contribution in [0.2, 0.25) is 0 Å². The summed E-state index contributed by atoms with van der Waals surface area (Å²) in [6.45, 7) is 1.64. The van der Waals surface area contributed by atoms with Gasteiger partial charge in [0.25, 0.3) is 5.56 Å². The predicted octanol–water partition coefficient (Wildman–Crippen LogP) is 2.63. The van der Waals surface area contributed by atoms with Crippen molar-refractivity contribution in [3.05, 3.63) is 49.2 Å². The lowest BCUT2D eigenvalue weighted by Gasteiger charge is -2.13. The van der Waals surface area contributed by atoms with Gasteiger partial charge in [0, 0.05) is 23.2 Å². The molecule has 0 bridgehead atoms. The molecule has 0 aliphatic heterocycles. The Morgan fingerprint density at radius 2 is 2.00 bits per heavy atom. The number of hydrogen-bond acceptors (Lipinski definition) is 6. The molecular weight excluding hydrogens is 376 g/mol. The number of carbonyl (C=O) groups excluding carboxylic acids is 1. The molecule has 2 aromatic heterocycles. The van der Waals surface area contributed by atoms with Crippen molar-refractivity contribution in [1.82, 2.24) is 4.57 Å². The average molecular weight is 396 g/mol. The summed E-state index contributed by atoms with van der Waals surface area (Å²) in [6.07, 6.45) is 3.92. The molecule has 0 aromatic carbocycles. The highest BCUT2D eigenvalue weighted by Crippen LogP contribution is 2.37. The molecule has 1 amide bonds. The minimum atomic E-state index is -0.518. The number of aryl methyl sites for hydroxylation is 2. The Hall–Kier alpha value is -2.94. The lowest BCUT2D eigenvalue weighted by molar-refractivity contribution is -0.116. The lowest BCUT2D eigenvalue weighted by Crippen LogP contribution is -2.31. The summed E-state index contributed by atoms with van der Waals surface area (Å²) in [5.41, 5.74) is 2.10. The number of rotatable bonds is 5. The number of thiophene rings is 1. The number of amides is 1. The van der Waals surface area contributed by atoms with Gasteiger partial charge in [0.1, 0.15) is 29.2 Å². The lowest BCUT2D eigenvalue weighted by atomic mass is 9.96. The third-order valence-corrected chi connectivity index (χ3v) is 6.05. The normalized spacial score (nSPS) is 12.7. The van der Waals surface area contributed by atoms with E-state index in [-0.39, 0.29) is 18.7 Å². The number of methoxy groups -OCH3 is 1. The van der Waals surface area contributed by atoms with E-state index in [4.69, 9.17) is 4.74 Å². The molecule has 2 heterocycles. The van der Waals surface area contributed by atoms with Crippen molar-refractivity contribution < 1.29 is 9.53 Å². The first-order valence-electron chi connectivity index (χ1n) is 8.97. The van der Waals surface area contributed by atoms with Gasteiger partial charge < -0.3 is 14.6 Å². The smallest absolute Gasteiger partial charge is 0.269 e. The molecule has 2 aromatic rings. The highest BCUT2D eigenvalue weighted by atomic mass is 32.1. The number of anilines is 1. The zero-order valence-corrected chi connectivity index (χ0v) is 16.6. The number of pyridine rings is 1. The second-order valence-corrected chi connectivity index (χ2v) is 7.80. The highest BCUT2D eigenvalue weighted by Gasteiger charge is 2.22. The third kappa shape index (κ3) is 3.70. The number of fused-ring (bicyclic) bond motifs is 1. The molecule has 0 saturated heterocycles. The first-order valence-corrected chi connectivity index (χ1v) is 9.78. The molecule has 0 saturated carbocycles. The van der Waals surface area contributed by atoms with Crippen LogP contribution in [0, 0.1) is 29.6 Å². The number of hydrogen-bond donors (Lipinski definition) is 1. The molecule has 3 rings (SSSR count). The van der Waals surface area contributed by atoms with Crippen LogP contribution in [0.3, 0.4) is 0 Å². The number of carbonyl (C=O) groups is 1. The van der Waals surface area contributed by atoms with Crippen molar-refractivity contribution in [3.63, 3.8) is 0 Å². The van der Waals surface area contributed by atoms with E-state index in [1.165, 1.54) is 23.0 Å². The van der Waals surface area contributed by atoms with Gasteiger partial charge in [0.2, 0.25) is 5.91 Å². The van der Waals surface area contributed by atoms with Crippen molar-refractivity contribution in [2.24, 2.45) is 0 Å². The number of nitrogens with one attached hydrogen (secondary N) is 1. The van der Waals surface area contributed by atoms with Crippen LogP contribution in [0.4, 0.5) is 5.00 Å². The van der Waals surface area contributed by atoms with E-state index in [1.807, 2.05) is 6.07 Å². The van der Waals surface area contributed by atoms with Gasteiger partial charge in [-0.1, -0.05) is 0 Å². The monoisotopic (exact) mass is 396 g/mol. The van der Waals surface area contributed by atoms with E-state index in [1.54, 1.807) is 13.0 Å². The molecule has 1 aliphatic carbocycles. The first kappa shape index (κ1) is 19.8. The molecule has 0 radical (unpaired) electrons. The van der Waals surface area contributed by atoms with Gasteiger partial charge >= 0.3 is 0 Å². The number of nitrogens with zero attached hydrogens (tertiary/aromatic N) is 3. The summed E-state index contributed by atoms with van der Waals surface area (Å²) in [5.74, 6) is -0.399. The van der Waals surface area contributed by atoms with Crippen LogP contribution < -0.4 is 10.9 Å². The standard InChI is InChI=1S/C20H20N4O3S/c1-12-7-13(11-27-2)15(8-21)20(26)24(12)10-18(25)23-19-16(9-22)14-5-3-4-6-17(14)28-19/h7H,3-6,10-11H2,1-2H3,(H,23,25). The maximum absolute atomic E-state index is 12.6. The summed E-state index contributed by atoms with van der Waals surface area (Å²) >= 11 is 1.44. The summed E-state index contributed by atoms with van der Waals surface area (Å²) in [5, 5.41) is 22.2. The average Bonchev–Trinajstić information content (AvgIpc) is 3.02. The van der Waals surface area contributed by atoms with Crippen LogP contribution in [-0.2, 0) is 35.5 Å². The molecule has 0 spiro atoms. The largest absolute Gasteiger partial charge is 0.380 e. The van der Waals surface area contributed by atoms with Gasteiger partial charge in [0.15, 0.2) is 0 Å². The zero-order chi connectivity index (χ0) is 20.3. The summed E-state index contributed by atoms with van der Waals surface area (Å²) in [6, 6.07) is 5.79. The zero-order valence-electron chi connectivity index (χ0n) is 15.8. The number of ether oxygens (including phenoxy) is 1. The Morgan fingerprint density at radius 3 is 2.68 bits per heavy atom. The molecule has 144 valence electrons. The van der Waals surface area contributed by atoms with Crippen LogP contribution in [0.25, 0.3) is 0 Å². The summed E-state index contributed by atoms with van der Waals surface area (Å²) in [7, 11) is 1.49. The topological polar surface area (TPSA) is 108 Å². The van der Waals surface area contributed by atoms with E-state index in [2.05, 4.69) is 11.4 Å². The Morgan fingerprint density at radius 1 is 1.29 bits per heavy atom. The van der Waals surface area contributed by atoms with Crippen LogP contribution in [0.5, 0.6) is 0 Å². The van der Waals surface area contributed by atoms with Gasteiger partial charge in [-0.15, -0.1) is 11.3 Å². The Balaban J connectivity index is 1.87. The Kier molecular flexibility index (Phi) is 5.93. The molecule has 0 unspecified atom stereocenters. The van der Waals surface area contributed by atoms with E-state index in [0.29, 0.717) is 21.8 Å². The van der Waals surface area contributed by atoms with E-state index in [0.717, 1.165) is 36.1 Å². The molecule has 1 N–H and O–H groups in total. The van der Waals surface area contributed by atoms with Crippen molar-refractivity contribution in [2.45, 2.75) is 45.8 Å². The third-order valence-electron chi connectivity index (χ3n) is 4.84. The Bertz CT molecular complexity index is 1070. The molecular formula is C20H20N4O3S. The van der Waals surface area contributed by atoms with Crippen LogP contribution in [0.15, 0.2) is 10.9 Å². The second-order valence-electron chi connectivity index (χ2n) is 6.70. The quantitative estimate of drug-likeness (QED) is 0.836.